The molecular weight excluding hydrogens is 465 g/mol. The van der Waals surface area contributed by atoms with Crippen LogP contribution in [0.25, 0.3) is 11.1 Å². The van der Waals surface area contributed by atoms with Gasteiger partial charge in [0.05, 0.1) is 0 Å². The summed E-state index contributed by atoms with van der Waals surface area (Å²) in [4.78, 5) is 35.5. The predicted octanol–water partition coefficient (Wildman–Crippen LogP) is 4.42. The smallest absolute Gasteiger partial charge is 0.407 e. The number of carboxylic acids is 1. The highest BCUT2D eigenvalue weighted by Gasteiger charge is 2.34. The normalized spacial score (nSPS) is 13.5. The second kappa shape index (κ2) is 11.2. The molecule has 0 radical (unpaired) electrons. The fraction of sp³-hybridized carbons (Fsp3) is 0.400. The average Bonchev–Trinajstić information content (AvgIpc) is 3.10. The lowest BCUT2D eigenvalue weighted by molar-refractivity contribution is -0.166. The number of alkyl halides is 3. The number of amides is 2. The topological polar surface area (TPSA) is 95.9 Å². The number of nitrogens with one attached hydrogen (secondary N) is 1. The molecule has 0 saturated carbocycles. The van der Waals surface area contributed by atoms with E-state index >= 15 is 0 Å². The van der Waals surface area contributed by atoms with E-state index in [1.54, 1.807) is 6.92 Å². The molecule has 2 amide bonds. The van der Waals surface area contributed by atoms with E-state index in [1.165, 1.54) is 0 Å². The van der Waals surface area contributed by atoms with Gasteiger partial charge in [-0.3, -0.25) is 9.59 Å². The van der Waals surface area contributed by atoms with Crippen LogP contribution < -0.4 is 5.32 Å². The van der Waals surface area contributed by atoms with Gasteiger partial charge in [-0.15, -0.1) is 0 Å². The number of alkyl carbamates (subject to hydrolysis) is 1. The van der Waals surface area contributed by atoms with Crippen molar-refractivity contribution >= 4 is 18.0 Å². The summed E-state index contributed by atoms with van der Waals surface area (Å²) in [6.45, 7) is -0.700. The third-order valence-electron chi connectivity index (χ3n) is 5.82. The van der Waals surface area contributed by atoms with Crippen LogP contribution in [0.1, 0.15) is 36.8 Å². The summed E-state index contributed by atoms with van der Waals surface area (Å²) in [7, 11) is 0. The lowest BCUT2D eigenvalue weighted by Gasteiger charge is -2.23. The number of benzene rings is 2. The van der Waals surface area contributed by atoms with Crippen molar-refractivity contribution in [2.75, 3.05) is 26.2 Å². The van der Waals surface area contributed by atoms with Crippen LogP contribution in [0.2, 0.25) is 0 Å². The number of hydrogen-bond acceptors (Lipinski definition) is 4. The highest BCUT2D eigenvalue weighted by molar-refractivity contribution is 5.81. The molecule has 3 rings (SSSR count). The predicted molar refractivity (Wildman–Crippen MR) is 122 cm³/mol. The van der Waals surface area contributed by atoms with Gasteiger partial charge in [0, 0.05) is 18.9 Å². The van der Waals surface area contributed by atoms with Crippen molar-refractivity contribution in [3.8, 4) is 11.1 Å². The fourth-order valence-electron chi connectivity index (χ4n) is 4.21. The van der Waals surface area contributed by atoms with Crippen LogP contribution in [-0.4, -0.2) is 60.4 Å². The summed E-state index contributed by atoms with van der Waals surface area (Å²) in [5, 5.41) is 11.4. The Balaban J connectivity index is 1.45. The maximum absolute atomic E-state index is 12.6. The van der Waals surface area contributed by atoms with E-state index < -0.39 is 37.2 Å². The molecule has 2 aromatic carbocycles. The maximum atomic E-state index is 12.6. The molecule has 0 fully saturated rings. The molecule has 7 nitrogen and oxygen atoms in total. The van der Waals surface area contributed by atoms with Gasteiger partial charge in [-0.2, -0.15) is 13.2 Å². The van der Waals surface area contributed by atoms with E-state index in [4.69, 9.17) is 9.84 Å². The molecule has 2 N–H and O–H groups in total. The molecule has 1 atom stereocenters. The molecule has 35 heavy (non-hydrogen) atoms. The number of fused-ring (bicyclic) bond motifs is 3. The van der Waals surface area contributed by atoms with Crippen molar-refractivity contribution in [1.82, 2.24) is 10.2 Å². The highest BCUT2D eigenvalue weighted by Crippen LogP contribution is 2.44. The Kier molecular flexibility index (Phi) is 8.37. The Hall–Kier alpha value is -3.56. The Morgan fingerprint density at radius 1 is 1.06 bits per heavy atom. The van der Waals surface area contributed by atoms with Gasteiger partial charge in [0.25, 0.3) is 0 Å². The number of carboxylic acid groups (broad SMARTS) is 1. The first-order valence-corrected chi connectivity index (χ1v) is 11.2. The summed E-state index contributed by atoms with van der Waals surface area (Å²) in [6.07, 6.45) is -5.28. The van der Waals surface area contributed by atoms with E-state index in [-0.39, 0.29) is 36.3 Å². The number of carbonyl (C=O) groups excluding carboxylic acids is 2. The van der Waals surface area contributed by atoms with Gasteiger partial charge in [-0.1, -0.05) is 55.5 Å². The van der Waals surface area contributed by atoms with E-state index in [1.807, 2.05) is 48.5 Å². The number of ether oxygens (including phenoxy) is 1. The molecule has 0 aliphatic heterocycles. The van der Waals surface area contributed by atoms with Gasteiger partial charge in [0.15, 0.2) is 0 Å². The van der Waals surface area contributed by atoms with Crippen molar-refractivity contribution < 1.29 is 37.4 Å². The number of aliphatic carboxylic acids is 1. The van der Waals surface area contributed by atoms with Crippen molar-refractivity contribution in [1.29, 1.82) is 0 Å². The van der Waals surface area contributed by atoms with Crippen molar-refractivity contribution in [2.45, 2.75) is 31.9 Å². The van der Waals surface area contributed by atoms with Gasteiger partial charge in [-0.25, -0.2) is 4.79 Å². The number of hydrogen-bond donors (Lipinski definition) is 2. The second-order valence-electron chi connectivity index (χ2n) is 8.61. The van der Waals surface area contributed by atoms with Crippen LogP contribution in [0.5, 0.6) is 0 Å². The van der Waals surface area contributed by atoms with Crippen LogP contribution in [0, 0.1) is 5.92 Å². The molecule has 2 aromatic rings. The molecule has 0 spiro atoms. The molecular formula is C25H27F3N2O5. The zero-order valence-electron chi connectivity index (χ0n) is 19.2. The van der Waals surface area contributed by atoms with Crippen LogP contribution in [0.4, 0.5) is 18.0 Å². The van der Waals surface area contributed by atoms with Crippen molar-refractivity contribution in [3.05, 3.63) is 59.7 Å². The number of carbonyl (C=O) groups is 3. The number of halogens is 3. The van der Waals surface area contributed by atoms with Crippen LogP contribution in [-0.2, 0) is 14.3 Å². The SMILES string of the molecule is CC(CCNC(=O)OCC1c2ccccc2-c2ccccc21)CC(=O)N(CC(=O)O)CC(F)(F)F. The van der Waals surface area contributed by atoms with Crippen molar-refractivity contribution in [2.24, 2.45) is 5.92 Å². The van der Waals surface area contributed by atoms with Crippen LogP contribution in [0.3, 0.4) is 0 Å². The first kappa shape index (κ1) is 26.1. The molecule has 0 heterocycles. The van der Waals surface area contributed by atoms with E-state index in [9.17, 15) is 27.6 Å². The van der Waals surface area contributed by atoms with E-state index in [0.29, 0.717) is 6.42 Å². The lowest BCUT2D eigenvalue weighted by Crippen LogP contribution is -2.42. The molecule has 0 bridgehead atoms. The minimum atomic E-state index is -4.69. The molecule has 0 aromatic heterocycles. The van der Waals surface area contributed by atoms with Gasteiger partial charge in [0.1, 0.15) is 19.7 Å². The summed E-state index contributed by atoms with van der Waals surface area (Å²) < 4.78 is 43.4. The summed E-state index contributed by atoms with van der Waals surface area (Å²) >= 11 is 0. The Morgan fingerprint density at radius 2 is 1.63 bits per heavy atom. The molecule has 1 aliphatic rings. The second-order valence-corrected chi connectivity index (χ2v) is 8.61. The standard InChI is InChI=1S/C25H27F3N2O5/c1-16(12-22(31)30(13-23(32)33)15-25(26,27)28)10-11-29-24(34)35-14-21-19-8-4-2-6-17(19)18-7-3-5-9-20(18)21/h2-9,16,21H,10-15H2,1H3,(H,29,34)(H,32,33). The first-order valence-electron chi connectivity index (χ1n) is 11.2. The molecule has 188 valence electrons. The Labute approximate surface area is 200 Å². The molecule has 1 aliphatic carbocycles. The number of nitrogens with zero attached hydrogens (tertiary/aromatic N) is 1. The summed E-state index contributed by atoms with van der Waals surface area (Å²) in [6, 6.07) is 15.9. The third kappa shape index (κ3) is 7.21. The average molecular weight is 492 g/mol. The van der Waals surface area contributed by atoms with E-state index in [0.717, 1.165) is 22.3 Å². The fourth-order valence-corrected chi connectivity index (χ4v) is 4.21. The Bertz CT molecular complexity index is 1030. The Morgan fingerprint density at radius 3 is 2.17 bits per heavy atom. The summed E-state index contributed by atoms with van der Waals surface area (Å²) in [5.41, 5.74) is 4.38. The maximum Gasteiger partial charge on any atom is 0.407 e. The van der Waals surface area contributed by atoms with Gasteiger partial charge in [-0.05, 0) is 34.6 Å². The third-order valence-corrected chi connectivity index (χ3v) is 5.82. The number of rotatable bonds is 10. The minimum Gasteiger partial charge on any atom is -0.480 e. The minimum absolute atomic E-state index is 0.0847. The summed E-state index contributed by atoms with van der Waals surface area (Å²) in [5.74, 6) is -2.88. The van der Waals surface area contributed by atoms with Gasteiger partial charge < -0.3 is 20.1 Å². The largest absolute Gasteiger partial charge is 0.480 e. The van der Waals surface area contributed by atoms with Crippen LogP contribution in [0.15, 0.2) is 48.5 Å². The monoisotopic (exact) mass is 492 g/mol. The first-order chi connectivity index (χ1) is 16.5. The lowest BCUT2D eigenvalue weighted by atomic mass is 9.98. The van der Waals surface area contributed by atoms with Crippen LogP contribution >= 0.6 is 0 Å². The quantitative estimate of drug-likeness (QED) is 0.512. The molecule has 0 saturated heterocycles. The molecule has 1 unspecified atom stereocenters. The van der Waals surface area contributed by atoms with Gasteiger partial charge in [0.2, 0.25) is 5.91 Å². The zero-order chi connectivity index (χ0) is 25.6. The zero-order valence-corrected chi connectivity index (χ0v) is 19.2. The van der Waals surface area contributed by atoms with E-state index in [2.05, 4.69) is 5.32 Å². The van der Waals surface area contributed by atoms with Gasteiger partial charge >= 0.3 is 18.2 Å². The molecule has 10 heteroatoms. The highest BCUT2D eigenvalue weighted by atomic mass is 19.4. The van der Waals surface area contributed by atoms with Crippen molar-refractivity contribution in [3.63, 3.8) is 0 Å².